The molecule has 3 N–H and O–H groups in total. The van der Waals surface area contributed by atoms with Gasteiger partial charge in [-0.1, -0.05) is 15.9 Å². The largest absolute Gasteiger partial charge is 0.330 e. The van der Waals surface area contributed by atoms with E-state index in [9.17, 15) is 8.42 Å². The molecule has 0 amide bonds. The fraction of sp³-hybridized carbons (Fsp3) is 0.538. The molecule has 1 aliphatic heterocycles. The van der Waals surface area contributed by atoms with Gasteiger partial charge in [0, 0.05) is 17.6 Å². The number of piperidine rings is 1. The molecular formula is C13H20BrN3O2S. The van der Waals surface area contributed by atoms with Gasteiger partial charge in [0.1, 0.15) is 0 Å². The monoisotopic (exact) mass is 361 g/mol. The van der Waals surface area contributed by atoms with Gasteiger partial charge in [0.05, 0.1) is 5.69 Å². The molecule has 1 fully saturated rings. The van der Waals surface area contributed by atoms with E-state index in [0.717, 1.165) is 22.9 Å². The highest BCUT2D eigenvalue weighted by Gasteiger charge is 2.27. The molecule has 7 heteroatoms. The molecular weight excluding hydrogens is 342 g/mol. The second kappa shape index (κ2) is 6.43. The van der Waals surface area contributed by atoms with Crippen LogP contribution in [0.1, 0.15) is 18.4 Å². The molecule has 5 nitrogen and oxygen atoms in total. The van der Waals surface area contributed by atoms with Crippen LogP contribution in [-0.2, 0) is 10.2 Å². The molecule has 0 radical (unpaired) electrons. The van der Waals surface area contributed by atoms with Crippen molar-refractivity contribution in [3.05, 3.63) is 28.2 Å². The molecule has 1 aliphatic rings. The van der Waals surface area contributed by atoms with Crippen molar-refractivity contribution in [3.63, 3.8) is 0 Å². The van der Waals surface area contributed by atoms with Crippen LogP contribution in [0.25, 0.3) is 0 Å². The zero-order chi connectivity index (χ0) is 14.8. The molecule has 0 bridgehead atoms. The van der Waals surface area contributed by atoms with Crippen LogP contribution >= 0.6 is 15.9 Å². The number of nitrogens with one attached hydrogen (secondary N) is 1. The summed E-state index contributed by atoms with van der Waals surface area (Å²) < 4.78 is 29.8. The highest BCUT2D eigenvalue weighted by molar-refractivity contribution is 9.10. The summed E-state index contributed by atoms with van der Waals surface area (Å²) in [5.41, 5.74) is 7.14. The van der Waals surface area contributed by atoms with Gasteiger partial charge in [0.2, 0.25) is 0 Å². The van der Waals surface area contributed by atoms with Gasteiger partial charge in [0.25, 0.3) is 0 Å². The van der Waals surface area contributed by atoms with Crippen molar-refractivity contribution in [2.75, 3.05) is 24.4 Å². The molecule has 1 heterocycles. The van der Waals surface area contributed by atoms with Crippen molar-refractivity contribution in [3.8, 4) is 0 Å². The van der Waals surface area contributed by atoms with Crippen molar-refractivity contribution in [2.24, 2.45) is 11.7 Å². The maximum atomic E-state index is 12.4. The number of hydrogen-bond donors (Lipinski definition) is 2. The summed E-state index contributed by atoms with van der Waals surface area (Å²) in [6.45, 7) is 3.58. The van der Waals surface area contributed by atoms with Crippen LogP contribution in [0.3, 0.4) is 0 Å². The van der Waals surface area contributed by atoms with Crippen LogP contribution in [0.4, 0.5) is 5.69 Å². The smallest absolute Gasteiger partial charge is 0.301 e. The predicted molar refractivity (Wildman–Crippen MR) is 84.8 cm³/mol. The van der Waals surface area contributed by atoms with Gasteiger partial charge < -0.3 is 5.73 Å². The number of halogens is 1. The number of rotatable bonds is 4. The third-order valence-corrected chi connectivity index (χ3v) is 5.69. The van der Waals surface area contributed by atoms with Crippen LogP contribution < -0.4 is 10.5 Å². The van der Waals surface area contributed by atoms with Crippen molar-refractivity contribution in [2.45, 2.75) is 19.8 Å². The summed E-state index contributed by atoms with van der Waals surface area (Å²) in [5, 5.41) is 0. The number of hydrogen-bond acceptors (Lipinski definition) is 3. The van der Waals surface area contributed by atoms with Crippen LogP contribution in [0, 0.1) is 12.8 Å². The van der Waals surface area contributed by atoms with Crippen molar-refractivity contribution >= 4 is 31.8 Å². The Morgan fingerprint density at radius 1 is 1.40 bits per heavy atom. The van der Waals surface area contributed by atoms with E-state index in [1.807, 2.05) is 19.1 Å². The zero-order valence-corrected chi connectivity index (χ0v) is 13.9. The minimum absolute atomic E-state index is 0.441. The minimum Gasteiger partial charge on any atom is -0.330 e. The van der Waals surface area contributed by atoms with Gasteiger partial charge >= 0.3 is 10.2 Å². The van der Waals surface area contributed by atoms with Gasteiger partial charge in [-0.25, -0.2) is 0 Å². The molecule has 1 aromatic carbocycles. The SMILES string of the molecule is Cc1cc(Br)ccc1NS(=O)(=O)N1CCC(CN)CC1. The van der Waals surface area contributed by atoms with Crippen LogP contribution in [0.5, 0.6) is 0 Å². The molecule has 0 saturated carbocycles. The second-order valence-electron chi connectivity index (χ2n) is 5.14. The Bertz CT molecular complexity index is 569. The first-order valence-corrected chi connectivity index (χ1v) is 8.90. The third-order valence-electron chi connectivity index (χ3n) is 3.67. The summed E-state index contributed by atoms with van der Waals surface area (Å²) in [6.07, 6.45) is 1.66. The number of anilines is 1. The Kier molecular flexibility index (Phi) is 5.06. The number of nitrogens with two attached hydrogens (primary N) is 1. The van der Waals surface area contributed by atoms with Crippen LogP contribution in [-0.4, -0.2) is 32.4 Å². The lowest BCUT2D eigenvalue weighted by Crippen LogP contribution is -2.42. The number of aryl methyl sites for hydroxylation is 1. The highest BCUT2D eigenvalue weighted by Crippen LogP contribution is 2.24. The van der Waals surface area contributed by atoms with Gasteiger partial charge in [0.15, 0.2) is 0 Å². The Morgan fingerprint density at radius 3 is 2.60 bits per heavy atom. The lowest BCUT2D eigenvalue weighted by molar-refractivity contribution is 0.280. The number of benzene rings is 1. The number of nitrogens with zero attached hydrogens (tertiary/aromatic N) is 1. The fourth-order valence-corrected chi connectivity index (χ4v) is 4.13. The van der Waals surface area contributed by atoms with E-state index < -0.39 is 10.2 Å². The maximum absolute atomic E-state index is 12.4. The second-order valence-corrected chi connectivity index (χ2v) is 7.73. The lowest BCUT2D eigenvalue weighted by Gasteiger charge is -2.30. The van der Waals surface area contributed by atoms with E-state index in [1.165, 1.54) is 4.31 Å². The van der Waals surface area contributed by atoms with E-state index in [2.05, 4.69) is 20.7 Å². The Balaban J connectivity index is 2.08. The van der Waals surface area contributed by atoms with Crippen LogP contribution in [0.15, 0.2) is 22.7 Å². The van der Waals surface area contributed by atoms with Gasteiger partial charge in [-0.15, -0.1) is 0 Å². The molecule has 20 heavy (non-hydrogen) atoms. The van der Waals surface area contributed by atoms with Crippen LogP contribution in [0.2, 0.25) is 0 Å². The van der Waals surface area contributed by atoms with Gasteiger partial charge in [-0.3, -0.25) is 4.72 Å². The molecule has 0 atom stereocenters. The summed E-state index contributed by atoms with van der Waals surface area (Å²) in [4.78, 5) is 0. The maximum Gasteiger partial charge on any atom is 0.301 e. The minimum atomic E-state index is -3.48. The summed E-state index contributed by atoms with van der Waals surface area (Å²) in [6, 6.07) is 5.48. The van der Waals surface area contributed by atoms with Crippen molar-refractivity contribution < 1.29 is 8.42 Å². The van der Waals surface area contributed by atoms with E-state index in [1.54, 1.807) is 6.07 Å². The normalized spacial score (nSPS) is 18.1. The first kappa shape index (κ1) is 15.8. The Labute approximate surface area is 128 Å². The van der Waals surface area contributed by atoms with Gasteiger partial charge in [-0.05, 0) is 56.0 Å². The molecule has 1 saturated heterocycles. The quantitative estimate of drug-likeness (QED) is 0.861. The molecule has 0 aromatic heterocycles. The summed E-state index contributed by atoms with van der Waals surface area (Å²) in [7, 11) is -3.48. The third kappa shape index (κ3) is 3.72. The van der Waals surface area contributed by atoms with E-state index in [-0.39, 0.29) is 0 Å². The first-order valence-electron chi connectivity index (χ1n) is 6.66. The highest BCUT2D eigenvalue weighted by atomic mass is 79.9. The summed E-state index contributed by atoms with van der Waals surface area (Å²) >= 11 is 3.37. The topological polar surface area (TPSA) is 75.4 Å². The standard InChI is InChI=1S/C13H20BrN3O2S/c1-10-8-12(14)2-3-13(10)16-20(18,19)17-6-4-11(9-15)5-7-17/h2-3,8,11,16H,4-7,9,15H2,1H3. The van der Waals surface area contributed by atoms with Crippen molar-refractivity contribution in [1.82, 2.24) is 4.31 Å². The van der Waals surface area contributed by atoms with E-state index >= 15 is 0 Å². The molecule has 1 aromatic rings. The van der Waals surface area contributed by atoms with E-state index in [0.29, 0.717) is 31.2 Å². The molecule has 0 unspecified atom stereocenters. The van der Waals surface area contributed by atoms with E-state index in [4.69, 9.17) is 5.73 Å². The molecule has 2 rings (SSSR count). The lowest BCUT2D eigenvalue weighted by atomic mass is 9.99. The fourth-order valence-electron chi connectivity index (χ4n) is 2.33. The molecule has 0 spiro atoms. The zero-order valence-electron chi connectivity index (χ0n) is 11.5. The van der Waals surface area contributed by atoms with Gasteiger partial charge in [-0.2, -0.15) is 12.7 Å². The average Bonchev–Trinajstić information content (AvgIpc) is 2.42. The van der Waals surface area contributed by atoms with Crippen molar-refractivity contribution in [1.29, 1.82) is 0 Å². The molecule has 0 aliphatic carbocycles. The predicted octanol–water partition coefficient (Wildman–Crippen LogP) is 2.08. The Morgan fingerprint density at radius 2 is 2.05 bits per heavy atom. The first-order chi connectivity index (χ1) is 9.42. The molecule has 112 valence electrons. The average molecular weight is 362 g/mol. The Hall–Kier alpha value is -0.630. The summed E-state index contributed by atoms with van der Waals surface area (Å²) in [5.74, 6) is 0.441.